The molecule has 1 amide bonds. The normalized spacial score (nSPS) is 16.9. The molecule has 20 heavy (non-hydrogen) atoms. The molecule has 1 fully saturated rings. The van der Waals surface area contributed by atoms with Crippen molar-refractivity contribution in [3.8, 4) is 5.75 Å². The molecule has 0 spiro atoms. The summed E-state index contributed by atoms with van der Waals surface area (Å²) in [5.41, 5.74) is 0. The number of ether oxygens (including phenoxy) is 1. The van der Waals surface area contributed by atoms with E-state index in [0.29, 0.717) is 10.8 Å². The first-order valence-electron chi connectivity index (χ1n) is 7.07. The Morgan fingerprint density at radius 3 is 2.60 bits per heavy atom. The Morgan fingerprint density at radius 1 is 1.35 bits per heavy atom. The van der Waals surface area contributed by atoms with E-state index in [9.17, 15) is 4.79 Å². The molecule has 1 aromatic carbocycles. The van der Waals surface area contributed by atoms with Gasteiger partial charge in [-0.2, -0.15) is 0 Å². The molecule has 0 radical (unpaired) electrons. The second kappa shape index (κ2) is 7.50. The lowest BCUT2D eigenvalue weighted by Crippen LogP contribution is -2.45. The zero-order chi connectivity index (χ0) is 14.4. The van der Waals surface area contributed by atoms with Gasteiger partial charge in [0.05, 0.1) is 0 Å². The molecule has 4 nitrogen and oxygen atoms in total. The minimum atomic E-state index is -0.0603. The standard InChI is InChI=1S/C15H21ClN2O2/c1-2-18-9-7-13(8-10-18)17-15(19)11-20-14-5-3-12(16)4-6-14/h3-6,13H,2,7-11H2,1H3,(H,17,19). The second-order valence-electron chi connectivity index (χ2n) is 5.02. The van der Waals surface area contributed by atoms with E-state index in [1.807, 2.05) is 0 Å². The summed E-state index contributed by atoms with van der Waals surface area (Å²) in [4.78, 5) is 14.2. The molecule has 0 bridgehead atoms. The molecule has 1 aromatic rings. The number of nitrogens with zero attached hydrogens (tertiary/aromatic N) is 1. The van der Waals surface area contributed by atoms with Crippen LogP contribution in [0.1, 0.15) is 19.8 Å². The molecular formula is C15H21ClN2O2. The number of nitrogens with one attached hydrogen (secondary N) is 1. The summed E-state index contributed by atoms with van der Waals surface area (Å²) in [6.07, 6.45) is 2.03. The van der Waals surface area contributed by atoms with Gasteiger partial charge in [0.1, 0.15) is 5.75 Å². The Bertz CT molecular complexity index is 428. The zero-order valence-electron chi connectivity index (χ0n) is 11.8. The van der Waals surface area contributed by atoms with Crippen LogP contribution in [0.2, 0.25) is 5.02 Å². The number of halogens is 1. The quantitative estimate of drug-likeness (QED) is 0.907. The maximum atomic E-state index is 11.8. The molecule has 2 rings (SSSR count). The lowest BCUT2D eigenvalue weighted by molar-refractivity contribution is -0.124. The number of amides is 1. The van der Waals surface area contributed by atoms with Crippen LogP contribution in [-0.4, -0.2) is 43.1 Å². The van der Waals surface area contributed by atoms with E-state index < -0.39 is 0 Å². The largest absolute Gasteiger partial charge is 0.484 e. The summed E-state index contributed by atoms with van der Waals surface area (Å²) < 4.78 is 5.43. The monoisotopic (exact) mass is 296 g/mol. The van der Waals surface area contributed by atoms with Crippen molar-refractivity contribution in [2.24, 2.45) is 0 Å². The smallest absolute Gasteiger partial charge is 0.258 e. The summed E-state index contributed by atoms with van der Waals surface area (Å²) in [6.45, 7) is 5.41. The van der Waals surface area contributed by atoms with Crippen molar-refractivity contribution in [2.75, 3.05) is 26.2 Å². The van der Waals surface area contributed by atoms with Crippen molar-refractivity contribution in [1.29, 1.82) is 0 Å². The van der Waals surface area contributed by atoms with Gasteiger partial charge in [-0.05, 0) is 43.7 Å². The number of carbonyl (C=O) groups is 1. The van der Waals surface area contributed by atoms with Gasteiger partial charge in [0, 0.05) is 24.2 Å². The fourth-order valence-electron chi connectivity index (χ4n) is 2.34. The van der Waals surface area contributed by atoms with E-state index in [1.54, 1.807) is 24.3 Å². The van der Waals surface area contributed by atoms with Gasteiger partial charge in [-0.1, -0.05) is 18.5 Å². The Hall–Kier alpha value is -1.26. The third kappa shape index (κ3) is 4.69. The number of carbonyl (C=O) groups excluding carboxylic acids is 1. The van der Waals surface area contributed by atoms with Crippen LogP contribution in [0.15, 0.2) is 24.3 Å². The van der Waals surface area contributed by atoms with Gasteiger partial charge in [0.2, 0.25) is 0 Å². The molecule has 0 aromatic heterocycles. The van der Waals surface area contributed by atoms with Crippen molar-refractivity contribution >= 4 is 17.5 Å². The van der Waals surface area contributed by atoms with E-state index in [4.69, 9.17) is 16.3 Å². The number of piperidine rings is 1. The van der Waals surface area contributed by atoms with Crippen molar-refractivity contribution in [3.63, 3.8) is 0 Å². The van der Waals surface area contributed by atoms with E-state index >= 15 is 0 Å². The molecule has 0 unspecified atom stereocenters. The summed E-state index contributed by atoms with van der Waals surface area (Å²) in [5, 5.41) is 3.69. The van der Waals surface area contributed by atoms with E-state index in [0.717, 1.165) is 32.5 Å². The minimum Gasteiger partial charge on any atom is -0.484 e. The predicted octanol–water partition coefficient (Wildman–Crippen LogP) is 2.32. The van der Waals surface area contributed by atoms with Crippen LogP contribution in [0.4, 0.5) is 0 Å². The second-order valence-corrected chi connectivity index (χ2v) is 5.46. The molecule has 1 aliphatic rings. The van der Waals surface area contributed by atoms with E-state index in [-0.39, 0.29) is 18.6 Å². The molecule has 1 aliphatic heterocycles. The lowest BCUT2D eigenvalue weighted by atomic mass is 10.1. The third-order valence-electron chi connectivity index (χ3n) is 3.58. The number of hydrogen-bond donors (Lipinski definition) is 1. The number of likely N-dealkylation sites (tertiary alicyclic amines) is 1. The first-order valence-corrected chi connectivity index (χ1v) is 7.45. The molecule has 5 heteroatoms. The van der Waals surface area contributed by atoms with Crippen LogP contribution in [0.5, 0.6) is 5.75 Å². The van der Waals surface area contributed by atoms with Crippen molar-refractivity contribution in [3.05, 3.63) is 29.3 Å². The average Bonchev–Trinajstić information content (AvgIpc) is 2.47. The highest BCUT2D eigenvalue weighted by Crippen LogP contribution is 2.15. The van der Waals surface area contributed by atoms with Crippen LogP contribution in [0.3, 0.4) is 0 Å². The molecule has 1 N–H and O–H groups in total. The predicted molar refractivity (Wildman–Crippen MR) is 80.2 cm³/mol. The molecule has 0 aliphatic carbocycles. The highest BCUT2D eigenvalue weighted by atomic mass is 35.5. The summed E-state index contributed by atoms with van der Waals surface area (Å²) in [7, 11) is 0. The van der Waals surface area contributed by atoms with Gasteiger partial charge in [0.15, 0.2) is 6.61 Å². The molecule has 0 saturated carbocycles. The van der Waals surface area contributed by atoms with Gasteiger partial charge in [-0.25, -0.2) is 0 Å². The van der Waals surface area contributed by atoms with E-state index in [2.05, 4.69) is 17.1 Å². The summed E-state index contributed by atoms with van der Waals surface area (Å²) in [6, 6.07) is 7.29. The van der Waals surface area contributed by atoms with E-state index in [1.165, 1.54) is 0 Å². The zero-order valence-corrected chi connectivity index (χ0v) is 12.5. The Kier molecular flexibility index (Phi) is 5.68. The number of benzene rings is 1. The SMILES string of the molecule is CCN1CCC(NC(=O)COc2ccc(Cl)cc2)CC1. The molecule has 1 heterocycles. The van der Waals surface area contributed by atoms with Gasteiger partial charge in [0.25, 0.3) is 5.91 Å². The highest BCUT2D eigenvalue weighted by molar-refractivity contribution is 6.30. The fraction of sp³-hybridized carbons (Fsp3) is 0.533. The van der Waals surface area contributed by atoms with Gasteiger partial charge in [-0.15, -0.1) is 0 Å². The number of rotatable bonds is 5. The van der Waals surface area contributed by atoms with Crippen molar-refractivity contribution < 1.29 is 9.53 Å². The fourth-order valence-corrected chi connectivity index (χ4v) is 2.47. The van der Waals surface area contributed by atoms with Crippen molar-refractivity contribution in [2.45, 2.75) is 25.8 Å². The first-order chi connectivity index (χ1) is 9.67. The average molecular weight is 297 g/mol. The maximum Gasteiger partial charge on any atom is 0.258 e. The van der Waals surface area contributed by atoms with Crippen molar-refractivity contribution in [1.82, 2.24) is 10.2 Å². The molecule has 110 valence electrons. The lowest BCUT2D eigenvalue weighted by Gasteiger charge is -2.31. The minimum absolute atomic E-state index is 0.0512. The number of hydrogen-bond acceptors (Lipinski definition) is 3. The molecular weight excluding hydrogens is 276 g/mol. The topological polar surface area (TPSA) is 41.6 Å². The van der Waals surface area contributed by atoms with Gasteiger partial charge >= 0.3 is 0 Å². The van der Waals surface area contributed by atoms with Crippen LogP contribution in [0, 0.1) is 0 Å². The van der Waals surface area contributed by atoms with Crippen LogP contribution < -0.4 is 10.1 Å². The molecule has 1 saturated heterocycles. The Morgan fingerprint density at radius 2 is 2.00 bits per heavy atom. The van der Waals surface area contributed by atoms with Gasteiger partial charge < -0.3 is 15.0 Å². The molecule has 0 atom stereocenters. The maximum absolute atomic E-state index is 11.8. The van der Waals surface area contributed by atoms with Gasteiger partial charge in [-0.3, -0.25) is 4.79 Å². The summed E-state index contributed by atoms with van der Waals surface area (Å²) in [5.74, 6) is 0.597. The Balaban J connectivity index is 1.69. The van der Waals surface area contributed by atoms with Crippen LogP contribution >= 0.6 is 11.6 Å². The van der Waals surface area contributed by atoms with Crippen LogP contribution in [-0.2, 0) is 4.79 Å². The Labute approximate surface area is 125 Å². The first kappa shape index (κ1) is 15.1. The summed E-state index contributed by atoms with van der Waals surface area (Å²) >= 11 is 5.79. The highest BCUT2D eigenvalue weighted by Gasteiger charge is 2.19. The third-order valence-corrected chi connectivity index (χ3v) is 3.84. The van der Waals surface area contributed by atoms with Crippen LogP contribution in [0.25, 0.3) is 0 Å².